The first-order valence-electron chi connectivity index (χ1n) is 10.9. The van der Waals surface area contributed by atoms with E-state index < -0.39 is 10.0 Å². The number of hydrogen-bond acceptors (Lipinski definition) is 4. The van der Waals surface area contributed by atoms with Gasteiger partial charge in [0.2, 0.25) is 10.0 Å². The maximum Gasteiger partial charge on any atom is 0.235 e. The molecule has 1 aliphatic heterocycles. The molecule has 0 atom stereocenters. The molecule has 160 valence electrons. The second-order valence-corrected chi connectivity index (χ2v) is 10.2. The first-order valence-corrected chi connectivity index (χ1v) is 12.5. The van der Waals surface area contributed by atoms with Crippen LogP contribution in [0.3, 0.4) is 0 Å². The molecular weight excluding hydrogens is 410 g/mol. The minimum absolute atomic E-state index is 0.197. The summed E-state index contributed by atoms with van der Waals surface area (Å²) in [4.78, 5) is 0. The highest BCUT2D eigenvalue weighted by Gasteiger charge is 2.28. The molecule has 0 N–H and O–H groups in total. The summed E-state index contributed by atoms with van der Waals surface area (Å²) in [5.41, 5.74) is 4.05. The van der Waals surface area contributed by atoms with Crippen molar-refractivity contribution in [3.63, 3.8) is 0 Å². The van der Waals surface area contributed by atoms with E-state index in [1.165, 1.54) is 10.7 Å². The smallest absolute Gasteiger partial charge is 0.235 e. The summed E-state index contributed by atoms with van der Waals surface area (Å²) < 4.78 is 34.2. The summed E-state index contributed by atoms with van der Waals surface area (Å²) in [6.07, 6.45) is 4.36. The number of nitriles is 1. The van der Waals surface area contributed by atoms with Gasteiger partial charge in [0.1, 0.15) is 11.8 Å². The fraction of sp³-hybridized carbons (Fsp3) is 0.375. The summed E-state index contributed by atoms with van der Waals surface area (Å²) >= 11 is 0. The number of rotatable bonds is 5. The molecule has 31 heavy (non-hydrogen) atoms. The van der Waals surface area contributed by atoms with Gasteiger partial charge in [-0.2, -0.15) is 5.26 Å². The van der Waals surface area contributed by atoms with Gasteiger partial charge in [0.05, 0.1) is 34.3 Å². The van der Waals surface area contributed by atoms with Crippen LogP contribution in [0.4, 0.5) is 5.69 Å². The van der Waals surface area contributed by atoms with Crippen LogP contribution >= 0.6 is 0 Å². The summed E-state index contributed by atoms with van der Waals surface area (Å²) in [6, 6.07) is 15.8. The third-order valence-corrected chi connectivity index (χ3v) is 8.22. The van der Waals surface area contributed by atoms with Crippen molar-refractivity contribution in [3.05, 3.63) is 48.0 Å². The van der Waals surface area contributed by atoms with Crippen molar-refractivity contribution in [1.82, 2.24) is 4.57 Å². The standard InChI is InChI=1S/C24H25N3O3S/c1-2-26-23-15-20(30-19-5-3-6-19)11-12-21(23)22(16-25)24(26)17-7-9-18(10-8-17)27-13-4-14-31(27,28)29/h7-12,15,19H,2-6,13-14H2,1H3. The molecule has 7 heteroatoms. The lowest BCUT2D eigenvalue weighted by molar-refractivity contribution is 0.120. The first kappa shape index (κ1) is 20.0. The van der Waals surface area contributed by atoms with E-state index in [9.17, 15) is 13.7 Å². The van der Waals surface area contributed by atoms with Crippen molar-refractivity contribution < 1.29 is 13.2 Å². The predicted molar refractivity (Wildman–Crippen MR) is 122 cm³/mol. The van der Waals surface area contributed by atoms with E-state index in [4.69, 9.17) is 4.74 Å². The van der Waals surface area contributed by atoms with Crippen molar-refractivity contribution in [2.24, 2.45) is 0 Å². The summed E-state index contributed by atoms with van der Waals surface area (Å²) in [5.74, 6) is 1.04. The number of aryl methyl sites for hydroxylation is 1. The molecule has 0 radical (unpaired) electrons. The van der Waals surface area contributed by atoms with Gasteiger partial charge in [0, 0.05) is 24.5 Å². The Hall–Kier alpha value is -2.98. The topological polar surface area (TPSA) is 75.3 Å². The molecule has 1 saturated carbocycles. The number of nitrogens with zero attached hydrogens (tertiary/aromatic N) is 3. The second-order valence-electron chi connectivity index (χ2n) is 8.22. The van der Waals surface area contributed by atoms with E-state index in [1.54, 1.807) is 0 Å². The van der Waals surface area contributed by atoms with Gasteiger partial charge in [-0.3, -0.25) is 4.31 Å². The number of hydrogen-bond donors (Lipinski definition) is 0. The Bertz CT molecular complexity index is 1280. The zero-order valence-corrected chi connectivity index (χ0v) is 18.4. The van der Waals surface area contributed by atoms with Crippen LogP contribution in [0, 0.1) is 11.3 Å². The van der Waals surface area contributed by atoms with Crippen LogP contribution in [-0.2, 0) is 16.6 Å². The number of aromatic nitrogens is 1. The van der Waals surface area contributed by atoms with Crippen LogP contribution in [0.25, 0.3) is 22.2 Å². The van der Waals surface area contributed by atoms with Gasteiger partial charge in [-0.25, -0.2) is 8.42 Å². The molecule has 2 heterocycles. The molecule has 0 bridgehead atoms. The molecule has 0 amide bonds. The van der Waals surface area contributed by atoms with Gasteiger partial charge in [-0.1, -0.05) is 12.1 Å². The second kappa shape index (κ2) is 7.61. The van der Waals surface area contributed by atoms with Gasteiger partial charge in [0.25, 0.3) is 0 Å². The Morgan fingerprint density at radius 2 is 1.90 bits per heavy atom. The Morgan fingerprint density at radius 1 is 1.13 bits per heavy atom. The molecule has 0 unspecified atom stereocenters. The fourth-order valence-corrected chi connectivity index (χ4v) is 6.10. The van der Waals surface area contributed by atoms with E-state index in [-0.39, 0.29) is 5.75 Å². The quantitative estimate of drug-likeness (QED) is 0.584. The van der Waals surface area contributed by atoms with Crippen molar-refractivity contribution in [2.45, 2.75) is 45.3 Å². The van der Waals surface area contributed by atoms with Crippen LogP contribution in [0.1, 0.15) is 38.2 Å². The SMILES string of the molecule is CCn1c(-c2ccc(N3CCCS3(=O)=O)cc2)c(C#N)c2ccc(OC3CCC3)cc21. The van der Waals surface area contributed by atoms with Crippen LogP contribution in [-0.4, -0.2) is 31.4 Å². The van der Waals surface area contributed by atoms with Gasteiger partial charge in [0.15, 0.2) is 0 Å². The van der Waals surface area contributed by atoms with E-state index in [2.05, 4.69) is 17.6 Å². The van der Waals surface area contributed by atoms with Gasteiger partial charge < -0.3 is 9.30 Å². The Labute approximate surface area is 182 Å². The number of benzene rings is 2. The molecule has 1 saturated heterocycles. The average Bonchev–Trinajstić information content (AvgIpc) is 3.26. The van der Waals surface area contributed by atoms with E-state index in [1.807, 2.05) is 42.5 Å². The lowest BCUT2D eigenvalue weighted by Crippen LogP contribution is -2.24. The Kier molecular flexibility index (Phi) is 4.90. The van der Waals surface area contributed by atoms with E-state index >= 15 is 0 Å². The number of sulfonamides is 1. The molecule has 6 nitrogen and oxygen atoms in total. The summed E-state index contributed by atoms with van der Waals surface area (Å²) in [7, 11) is -3.21. The molecule has 3 aromatic rings. The van der Waals surface area contributed by atoms with Crippen LogP contribution < -0.4 is 9.04 Å². The third kappa shape index (κ3) is 3.35. The van der Waals surface area contributed by atoms with E-state index in [0.717, 1.165) is 40.8 Å². The van der Waals surface area contributed by atoms with Crippen molar-refractivity contribution >= 4 is 26.6 Å². The summed E-state index contributed by atoms with van der Waals surface area (Å²) in [5, 5.41) is 10.9. The van der Waals surface area contributed by atoms with E-state index in [0.29, 0.717) is 36.9 Å². The van der Waals surface area contributed by atoms with Crippen LogP contribution in [0.2, 0.25) is 0 Å². The number of ether oxygens (including phenoxy) is 1. The normalized spacial score (nSPS) is 18.1. The zero-order valence-electron chi connectivity index (χ0n) is 17.5. The maximum absolute atomic E-state index is 12.2. The van der Waals surface area contributed by atoms with Crippen molar-refractivity contribution in [1.29, 1.82) is 5.26 Å². The zero-order chi connectivity index (χ0) is 21.6. The fourth-order valence-electron chi connectivity index (χ4n) is 4.54. The predicted octanol–water partition coefficient (Wildman–Crippen LogP) is 4.67. The van der Waals surface area contributed by atoms with Crippen LogP contribution in [0.5, 0.6) is 5.75 Å². The molecule has 2 aromatic carbocycles. The van der Waals surface area contributed by atoms with Crippen molar-refractivity contribution in [2.75, 3.05) is 16.6 Å². The Morgan fingerprint density at radius 3 is 2.48 bits per heavy atom. The largest absolute Gasteiger partial charge is 0.490 e. The highest BCUT2D eigenvalue weighted by molar-refractivity contribution is 7.93. The molecule has 2 fully saturated rings. The molecule has 1 aromatic heterocycles. The average molecular weight is 436 g/mol. The van der Waals surface area contributed by atoms with Crippen LogP contribution in [0.15, 0.2) is 42.5 Å². The van der Waals surface area contributed by atoms with Gasteiger partial charge in [-0.15, -0.1) is 0 Å². The highest BCUT2D eigenvalue weighted by Crippen LogP contribution is 2.37. The molecule has 2 aliphatic rings. The summed E-state index contributed by atoms with van der Waals surface area (Å²) in [6.45, 7) is 3.29. The first-order chi connectivity index (χ1) is 15.0. The third-order valence-electron chi connectivity index (χ3n) is 6.35. The molecule has 0 spiro atoms. The van der Waals surface area contributed by atoms with Gasteiger partial charge >= 0.3 is 0 Å². The maximum atomic E-state index is 12.2. The number of fused-ring (bicyclic) bond motifs is 1. The molecule has 1 aliphatic carbocycles. The lowest BCUT2D eigenvalue weighted by Gasteiger charge is -2.26. The molecular formula is C24H25N3O3S. The molecule has 5 rings (SSSR count). The Balaban J connectivity index is 1.57. The minimum atomic E-state index is -3.21. The monoisotopic (exact) mass is 435 g/mol. The van der Waals surface area contributed by atoms with Crippen molar-refractivity contribution in [3.8, 4) is 23.1 Å². The lowest BCUT2D eigenvalue weighted by atomic mass is 9.96. The minimum Gasteiger partial charge on any atom is -0.490 e. The number of anilines is 1. The highest BCUT2D eigenvalue weighted by atomic mass is 32.2. The van der Waals surface area contributed by atoms with Gasteiger partial charge in [-0.05, 0) is 62.4 Å².